The van der Waals surface area contributed by atoms with Crippen LogP contribution in [-0.4, -0.2) is 27.4 Å². The second-order valence-electron chi connectivity index (χ2n) is 6.49. The molecule has 12 heteroatoms. The standard InChI is InChI=1S/C20H18Cl2N6O4/c1-12(13-5-3-2-4-6-13)25-19-18(28(30)31)20(24-11-23-19)27-26-17(29)10-32-16-8-7-14(21)9-15(16)22/h2-9,11-12H,10H2,1H3,(H,26,29)(H2,23,24,25,27). The molecule has 0 radical (unpaired) electrons. The summed E-state index contributed by atoms with van der Waals surface area (Å²) in [7, 11) is 0. The first-order valence-corrected chi connectivity index (χ1v) is 10.0. The minimum absolute atomic E-state index is 0.00213. The van der Waals surface area contributed by atoms with E-state index in [4.69, 9.17) is 27.9 Å². The summed E-state index contributed by atoms with van der Waals surface area (Å²) in [5.41, 5.74) is 5.24. The third kappa shape index (κ3) is 5.96. The fourth-order valence-corrected chi connectivity index (χ4v) is 3.14. The number of ether oxygens (including phenoxy) is 1. The molecule has 10 nitrogen and oxygen atoms in total. The number of anilines is 2. The Morgan fingerprint density at radius 3 is 2.56 bits per heavy atom. The Balaban J connectivity index is 1.66. The van der Waals surface area contributed by atoms with Crippen molar-refractivity contribution in [3.63, 3.8) is 0 Å². The van der Waals surface area contributed by atoms with Crippen molar-refractivity contribution in [1.82, 2.24) is 15.4 Å². The van der Waals surface area contributed by atoms with Crippen molar-refractivity contribution in [2.24, 2.45) is 0 Å². The summed E-state index contributed by atoms with van der Waals surface area (Å²) in [5.74, 6) is -0.537. The number of carbonyl (C=O) groups excluding carboxylic acids is 1. The molecule has 166 valence electrons. The van der Waals surface area contributed by atoms with Gasteiger partial charge in [0.25, 0.3) is 5.91 Å². The van der Waals surface area contributed by atoms with E-state index in [-0.39, 0.29) is 28.4 Å². The minimum atomic E-state index is -0.640. The highest BCUT2D eigenvalue weighted by Crippen LogP contribution is 2.31. The molecule has 3 N–H and O–H groups in total. The molecule has 0 bridgehead atoms. The quantitative estimate of drug-likeness (QED) is 0.306. The molecule has 0 spiro atoms. The van der Waals surface area contributed by atoms with Crippen molar-refractivity contribution in [3.05, 3.63) is 80.6 Å². The Kier molecular flexibility index (Phi) is 7.63. The molecule has 1 heterocycles. The van der Waals surface area contributed by atoms with Crippen molar-refractivity contribution < 1.29 is 14.5 Å². The summed E-state index contributed by atoms with van der Waals surface area (Å²) in [4.78, 5) is 31.0. The molecule has 0 fully saturated rings. The molecule has 2 aromatic carbocycles. The number of benzene rings is 2. The van der Waals surface area contributed by atoms with E-state index in [0.29, 0.717) is 5.02 Å². The lowest BCUT2D eigenvalue weighted by atomic mass is 10.1. The topological polar surface area (TPSA) is 131 Å². The van der Waals surface area contributed by atoms with Crippen LogP contribution in [0, 0.1) is 10.1 Å². The van der Waals surface area contributed by atoms with Crippen LogP contribution in [0.3, 0.4) is 0 Å². The molecule has 0 aliphatic carbocycles. The Bertz CT molecular complexity index is 1120. The van der Waals surface area contributed by atoms with Gasteiger partial charge in [-0.3, -0.25) is 25.8 Å². The highest BCUT2D eigenvalue weighted by atomic mass is 35.5. The fourth-order valence-electron chi connectivity index (χ4n) is 2.68. The average molecular weight is 477 g/mol. The number of nitrogens with zero attached hydrogens (tertiary/aromatic N) is 3. The van der Waals surface area contributed by atoms with Crippen LogP contribution in [0.2, 0.25) is 10.0 Å². The molecule has 0 aliphatic heterocycles. The summed E-state index contributed by atoms with van der Waals surface area (Å²) >= 11 is 11.8. The van der Waals surface area contributed by atoms with E-state index in [1.807, 2.05) is 37.3 Å². The van der Waals surface area contributed by atoms with Gasteiger partial charge in [-0.05, 0) is 30.7 Å². The van der Waals surface area contributed by atoms with Crippen LogP contribution in [-0.2, 0) is 4.79 Å². The normalized spacial score (nSPS) is 11.3. The monoisotopic (exact) mass is 476 g/mol. The van der Waals surface area contributed by atoms with E-state index in [1.54, 1.807) is 6.07 Å². The predicted octanol–water partition coefficient (Wildman–Crippen LogP) is 4.39. The van der Waals surface area contributed by atoms with Crippen molar-refractivity contribution in [2.45, 2.75) is 13.0 Å². The lowest BCUT2D eigenvalue weighted by Gasteiger charge is -2.16. The number of hydrogen-bond donors (Lipinski definition) is 3. The summed E-state index contributed by atoms with van der Waals surface area (Å²) in [5, 5.41) is 15.3. The second-order valence-corrected chi connectivity index (χ2v) is 7.33. The predicted molar refractivity (Wildman–Crippen MR) is 121 cm³/mol. The molecule has 3 aromatic rings. The fraction of sp³-hybridized carbons (Fsp3) is 0.150. The van der Waals surface area contributed by atoms with Gasteiger partial charge in [-0.15, -0.1) is 0 Å². The maximum absolute atomic E-state index is 12.1. The zero-order valence-electron chi connectivity index (χ0n) is 16.7. The number of nitro groups is 1. The van der Waals surface area contributed by atoms with Crippen LogP contribution < -0.4 is 20.9 Å². The number of carbonyl (C=O) groups is 1. The molecule has 1 atom stereocenters. The molecule has 1 aromatic heterocycles. The number of hydrogen-bond acceptors (Lipinski definition) is 8. The van der Waals surface area contributed by atoms with Gasteiger partial charge in [-0.25, -0.2) is 9.97 Å². The van der Waals surface area contributed by atoms with Crippen LogP contribution in [0.1, 0.15) is 18.5 Å². The van der Waals surface area contributed by atoms with Crippen LogP contribution >= 0.6 is 23.2 Å². The van der Waals surface area contributed by atoms with Gasteiger partial charge in [-0.2, -0.15) is 0 Å². The molecule has 1 unspecified atom stereocenters. The molecule has 0 saturated heterocycles. The number of nitrogens with one attached hydrogen (secondary N) is 3. The van der Waals surface area contributed by atoms with E-state index >= 15 is 0 Å². The molecule has 0 saturated carbocycles. The van der Waals surface area contributed by atoms with E-state index < -0.39 is 23.1 Å². The average Bonchev–Trinajstić information content (AvgIpc) is 2.77. The van der Waals surface area contributed by atoms with Crippen LogP contribution in [0.4, 0.5) is 17.3 Å². The van der Waals surface area contributed by atoms with Crippen LogP contribution in [0.5, 0.6) is 5.75 Å². The van der Waals surface area contributed by atoms with Gasteiger partial charge in [0.15, 0.2) is 6.61 Å². The van der Waals surface area contributed by atoms with Gasteiger partial charge in [0.2, 0.25) is 11.6 Å². The summed E-state index contributed by atoms with van der Waals surface area (Å²) in [6.07, 6.45) is 1.14. The van der Waals surface area contributed by atoms with Gasteiger partial charge in [0.1, 0.15) is 12.1 Å². The number of hydrazine groups is 1. The summed E-state index contributed by atoms with van der Waals surface area (Å²) in [6, 6.07) is 13.7. The largest absolute Gasteiger partial charge is 0.482 e. The summed E-state index contributed by atoms with van der Waals surface area (Å²) < 4.78 is 5.32. The Morgan fingerprint density at radius 2 is 1.88 bits per heavy atom. The van der Waals surface area contributed by atoms with Gasteiger partial charge in [-0.1, -0.05) is 53.5 Å². The van der Waals surface area contributed by atoms with Crippen LogP contribution in [0.25, 0.3) is 0 Å². The number of amides is 1. The van der Waals surface area contributed by atoms with Crippen LogP contribution in [0.15, 0.2) is 54.9 Å². The Morgan fingerprint density at radius 1 is 1.16 bits per heavy atom. The van der Waals surface area contributed by atoms with Gasteiger partial charge >= 0.3 is 5.69 Å². The molecule has 1 amide bonds. The van der Waals surface area contributed by atoms with Gasteiger partial charge < -0.3 is 10.1 Å². The third-order valence-corrected chi connectivity index (χ3v) is 4.76. The molecule has 0 aliphatic rings. The van der Waals surface area contributed by atoms with Crippen molar-refractivity contribution in [2.75, 3.05) is 17.3 Å². The van der Waals surface area contributed by atoms with E-state index in [9.17, 15) is 14.9 Å². The second kappa shape index (κ2) is 10.6. The first-order valence-electron chi connectivity index (χ1n) is 9.28. The molecular weight excluding hydrogens is 459 g/mol. The van der Waals surface area contributed by atoms with E-state index in [0.717, 1.165) is 11.9 Å². The maximum Gasteiger partial charge on any atom is 0.354 e. The molecule has 3 rings (SSSR count). The SMILES string of the molecule is CC(Nc1ncnc(NNC(=O)COc2ccc(Cl)cc2Cl)c1[N+](=O)[O-])c1ccccc1. The molecule has 32 heavy (non-hydrogen) atoms. The Hall–Kier alpha value is -3.63. The Labute approximate surface area is 193 Å². The van der Waals surface area contributed by atoms with Gasteiger partial charge in [0, 0.05) is 5.02 Å². The number of aromatic nitrogens is 2. The highest BCUT2D eigenvalue weighted by Gasteiger charge is 2.24. The van der Waals surface area contributed by atoms with Crippen molar-refractivity contribution in [1.29, 1.82) is 0 Å². The lowest BCUT2D eigenvalue weighted by Crippen LogP contribution is -2.34. The van der Waals surface area contributed by atoms with Crippen molar-refractivity contribution in [3.8, 4) is 5.75 Å². The third-order valence-electron chi connectivity index (χ3n) is 4.23. The summed E-state index contributed by atoms with van der Waals surface area (Å²) in [6.45, 7) is 1.44. The zero-order valence-corrected chi connectivity index (χ0v) is 18.2. The van der Waals surface area contributed by atoms with E-state index in [2.05, 4.69) is 26.1 Å². The molecular formula is C20H18Cl2N6O4. The number of rotatable bonds is 9. The first-order chi connectivity index (χ1) is 15.3. The number of halogens is 2. The van der Waals surface area contributed by atoms with Crippen molar-refractivity contribution >= 4 is 46.4 Å². The highest BCUT2D eigenvalue weighted by molar-refractivity contribution is 6.35. The lowest BCUT2D eigenvalue weighted by molar-refractivity contribution is -0.383. The van der Waals surface area contributed by atoms with Gasteiger partial charge in [0.05, 0.1) is 16.0 Å². The maximum atomic E-state index is 12.1. The minimum Gasteiger partial charge on any atom is -0.482 e. The van der Waals surface area contributed by atoms with E-state index in [1.165, 1.54) is 12.1 Å². The first kappa shape index (κ1) is 23.0. The zero-order chi connectivity index (χ0) is 23.1. The smallest absolute Gasteiger partial charge is 0.354 e.